The molecule has 0 atom stereocenters. The van der Waals surface area contributed by atoms with E-state index in [9.17, 15) is 4.79 Å². The van der Waals surface area contributed by atoms with Gasteiger partial charge >= 0.3 is 0 Å². The number of aromatic nitrogens is 2. The summed E-state index contributed by atoms with van der Waals surface area (Å²) in [5.41, 5.74) is 3.89. The lowest BCUT2D eigenvalue weighted by Gasteiger charge is -2.11. The van der Waals surface area contributed by atoms with Crippen LogP contribution in [0.1, 0.15) is 21.6 Å². The summed E-state index contributed by atoms with van der Waals surface area (Å²) < 4.78 is 5.27. The van der Waals surface area contributed by atoms with Crippen molar-refractivity contribution >= 4 is 23.1 Å². The zero-order valence-electron chi connectivity index (χ0n) is 14.9. The number of methoxy groups -OCH3 is 1. The molecule has 0 unspecified atom stereocenters. The summed E-state index contributed by atoms with van der Waals surface area (Å²) in [6.07, 6.45) is 2.98. The van der Waals surface area contributed by atoms with Crippen LogP contribution < -0.4 is 15.4 Å². The van der Waals surface area contributed by atoms with Crippen molar-refractivity contribution in [1.29, 1.82) is 0 Å². The number of rotatable bonds is 5. The normalized spacial score (nSPS) is 10.3. The van der Waals surface area contributed by atoms with Gasteiger partial charge in [0.15, 0.2) is 0 Å². The number of carbonyl (C=O) groups is 1. The molecular weight excluding hydrogens is 328 g/mol. The Balaban J connectivity index is 1.73. The number of hydrogen-bond donors (Lipinski definition) is 2. The zero-order chi connectivity index (χ0) is 18.5. The predicted molar refractivity (Wildman–Crippen MR) is 102 cm³/mol. The summed E-state index contributed by atoms with van der Waals surface area (Å²) in [5.74, 6) is 0.822. The zero-order valence-corrected chi connectivity index (χ0v) is 14.9. The maximum Gasteiger partial charge on any atom is 0.275 e. The lowest BCUT2D eigenvalue weighted by molar-refractivity contribution is 0.102. The minimum atomic E-state index is -0.344. The Labute approximate surface area is 152 Å². The highest BCUT2D eigenvalue weighted by molar-refractivity contribution is 6.03. The minimum absolute atomic E-state index is 0.226. The lowest BCUT2D eigenvalue weighted by Crippen LogP contribution is -2.15. The maximum absolute atomic E-state index is 12.4. The molecule has 132 valence electrons. The standard InChI is InChI=1S/C20H20N4O2/c1-13-8-9-18(26-3)16(10-13)24-20(25)17-11-22-19(12-21-17)23-15-7-5-4-6-14(15)2/h4-12H,1-3H3,(H,22,23)(H,24,25). The Hall–Kier alpha value is -3.41. The van der Waals surface area contributed by atoms with Crippen molar-refractivity contribution in [2.24, 2.45) is 0 Å². The van der Waals surface area contributed by atoms with Gasteiger partial charge in [0.2, 0.25) is 0 Å². The third-order valence-electron chi connectivity index (χ3n) is 3.90. The molecule has 0 spiro atoms. The number of aryl methyl sites for hydroxylation is 2. The summed E-state index contributed by atoms with van der Waals surface area (Å²) >= 11 is 0. The van der Waals surface area contributed by atoms with Gasteiger partial charge in [-0.3, -0.25) is 4.79 Å². The van der Waals surface area contributed by atoms with E-state index in [0.717, 1.165) is 16.8 Å². The van der Waals surface area contributed by atoms with Crippen molar-refractivity contribution in [3.05, 3.63) is 71.7 Å². The first-order valence-corrected chi connectivity index (χ1v) is 8.17. The molecule has 0 aliphatic heterocycles. The molecule has 1 aromatic heterocycles. The van der Waals surface area contributed by atoms with Crippen LogP contribution in [0.15, 0.2) is 54.9 Å². The lowest BCUT2D eigenvalue weighted by atomic mass is 10.2. The second-order valence-electron chi connectivity index (χ2n) is 5.88. The van der Waals surface area contributed by atoms with E-state index in [4.69, 9.17) is 4.74 Å². The van der Waals surface area contributed by atoms with Crippen LogP contribution in [0, 0.1) is 13.8 Å². The van der Waals surface area contributed by atoms with Gasteiger partial charge in [0.1, 0.15) is 17.3 Å². The molecule has 0 aliphatic rings. The molecule has 26 heavy (non-hydrogen) atoms. The Morgan fingerprint density at radius 3 is 2.50 bits per heavy atom. The highest BCUT2D eigenvalue weighted by atomic mass is 16.5. The second kappa shape index (κ2) is 7.65. The summed E-state index contributed by atoms with van der Waals surface area (Å²) in [4.78, 5) is 20.9. The molecule has 2 N–H and O–H groups in total. The number of nitrogens with one attached hydrogen (secondary N) is 2. The van der Waals surface area contributed by atoms with E-state index in [0.29, 0.717) is 17.3 Å². The molecule has 1 heterocycles. The molecule has 0 aliphatic carbocycles. The molecule has 0 saturated heterocycles. The summed E-state index contributed by atoms with van der Waals surface area (Å²) in [6.45, 7) is 3.95. The van der Waals surface area contributed by atoms with E-state index >= 15 is 0 Å². The van der Waals surface area contributed by atoms with Crippen molar-refractivity contribution in [3.8, 4) is 5.75 Å². The molecular formula is C20H20N4O2. The molecule has 0 fully saturated rings. The van der Waals surface area contributed by atoms with E-state index in [1.165, 1.54) is 12.4 Å². The molecule has 3 aromatic rings. The Bertz CT molecular complexity index is 923. The van der Waals surface area contributed by atoms with Crippen LogP contribution >= 0.6 is 0 Å². The fourth-order valence-electron chi connectivity index (χ4n) is 2.47. The number of ether oxygens (including phenoxy) is 1. The van der Waals surface area contributed by atoms with Gasteiger partial charge < -0.3 is 15.4 Å². The van der Waals surface area contributed by atoms with Gasteiger partial charge in [-0.1, -0.05) is 24.3 Å². The van der Waals surface area contributed by atoms with Crippen molar-refractivity contribution in [2.45, 2.75) is 13.8 Å². The SMILES string of the molecule is COc1ccc(C)cc1NC(=O)c1cnc(Nc2ccccc2C)cn1. The molecule has 0 radical (unpaired) electrons. The average Bonchev–Trinajstić information content (AvgIpc) is 2.64. The molecule has 1 amide bonds. The largest absolute Gasteiger partial charge is 0.495 e. The fourth-order valence-corrected chi connectivity index (χ4v) is 2.47. The van der Waals surface area contributed by atoms with Crippen LogP contribution in [0.2, 0.25) is 0 Å². The van der Waals surface area contributed by atoms with Gasteiger partial charge in [0.05, 0.1) is 25.2 Å². The van der Waals surface area contributed by atoms with Crippen molar-refractivity contribution < 1.29 is 9.53 Å². The smallest absolute Gasteiger partial charge is 0.275 e. The van der Waals surface area contributed by atoms with Crippen LogP contribution in [-0.2, 0) is 0 Å². The number of nitrogens with zero attached hydrogens (tertiary/aromatic N) is 2. The highest BCUT2D eigenvalue weighted by Crippen LogP contribution is 2.25. The quantitative estimate of drug-likeness (QED) is 0.726. The van der Waals surface area contributed by atoms with Gasteiger partial charge in [0, 0.05) is 5.69 Å². The molecule has 3 rings (SSSR count). The minimum Gasteiger partial charge on any atom is -0.495 e. The van der Waals surface area contributed by atoms with Gasteiger partial charge in [-0.05, 0) is 43.2 Å². The number of amides is 1. The Morgan fingerprint density at radius 1 is 1.00 bits per heavy atom. The van der Waals surface area contributed by atoms with Crippen LogP contribution in [-0.4, -0.2) is 23.0 Å². The molecule has 6 heteroatoms. The first-order valence-electron chi connectivity index (χ1n) is 8.17. The van der Waals surface area contributed by atoms with Gasteiger partial charge in [-0.25, -0.2) is 9.97 Å². The van der Waals surface area contributed by atoms with Crippen LogP contribution in [0.25, 0.3) is 0 Å². The van der Waals surface area contributed by atoms with Gasteiger partial charge in [-0.15, -0.1) is 0 Å². The molecule has 0 saturated carbocycles. The second-order valence-corrected chi connectivity index (χ2v) is 5.88. The average molecular weight is 348 g/mol. The predicted octanol–water partition coefficient (Wildman–Crippen LogP) is 4.10. The monoisotopic (exact) mass is 348 g/mol. The van der Waals surface area contributed by atoms with Crippen LogP contribution in [0.3, 0.4) is 0 Å². The van der Waals surface area contributed by atoms with Crippen molar-refractivity contribution in [1.82, 2.24) is 9.97 Å². The van der Waals surface area contributed by atoms with Crippen LogP contribution in [0.5, 0.6) is 5.75 Å². The number of para-hydroxylation sites is 1. The van der Waals surface area contributed by atoms with E-state index in [1.807, 2.05) is 56.3 Å². The summed E-state index contributed by atoms with van der Waals surface area (Å²) in [5, 5.41) is 6.00. The summed E-state index contributed by atoms with van der Waals surface area (Å²) in [7, 11) is 1.56. The highest BCUT2D eigenvalue weighted by Gasteiger charge is 2.12. The molecule has 0 bridgehead atoms. The Morgan fingerprint density at radius 2 is 1.81 bits per heavy atom. The van der Waals surface area contributed by atoms with E-state index in [1.54, 1.807) is 7.11 Å². The number of hydrogen-bond acceptors (Lipinski definition) is 5. The third-order valence-corrected chi connectivity index (χ3v) is 3.90. The third kappa shape index (κ3) is 3.97. The van der Waals surface area contributed by atoms with Crippen molar-refractivity contribution in [2.75, 3.05) is 17.7 Å². The Kier molecular flexibility index (Phi) is 5.12. The number of carbonyl (C=O) groups excluding carboxylic acids is 1. The van der Waals surface area contributed by atoms with Gasteiger partial charge in [-0.2, -0.15) is 0 Å². The van der Waals surface area contributed by atoms with Crippen LogP contribution in [0.4, 0.5) is 17.2 Å². The molecule has 6 nitrogen and oxygen atoms in total. The fraction of sp³-hybridized carbons (Fsp3) is 0.150. The topological polar surface area (TPSA) is 76.1 Å². The summed E-state index contributed by atoms with van der Waals surface area (Å²) in [6, 6.07) is 13.5. The maximum atomic E-state index is 12.4. The number of anilines is 3. The first kappa shape index (κ1) is 17.4. The van der Waals surface area contributed by atoms with Gasteiger partial charge in [0.25, 0.3) is 5.91 Å². The van der Waals surface area contributed by atoms with E-state index < -0.39 is 0 Å². The van der Waals surface area contributed by atoms with Crippen molar-refractivity contribution in [3.63, 3.8) is 0 Å². The van der Waals surface area contributed by atoms with E-state index in [-0.39, 0.29) is 11.6 Å². The number of benzene rings is 2. The van der Waals surface area contributed by atoms with E-state index in [2.05, 4.69) is 20.6 Å². The first-order chi connectivity index (χ1) is 12.6. The molecule has 2 aromatic carbocycles.